The number of methoxy groups -OCH3 is 1. The Morgan fingerprint density at radius 2 is 1.87 bits per heavy atom. The van der Waals surface area contributed by atoms with Crippen LogP contribution in [0.5, 0.6) is 11.5 Å². The van der Waals surface area contributed by atoms with Gasteiger partial charge in [-0.15, -0.1) is 0 Å². The number of carbonyl (C=O) groups excluding carboxylic acids is 1. The number of nitrogens with one attached hydrogen (secondary N) is 1. The highest BCUT2D eigenvalue weighted by Crippen LogP contribution is 2.38. The molecule has 0 radical (unpaired) electrons. The predicted molar refractivity (Wildman–Crippen MR) is 136 cm³/mol. The van der Waals surface area contributed by atoms with E-state index >= 15 is 0 Å². The smallest absolute Gasteiger partial charge is 0.249 e. The van der Waals surface area contributed by atoms with E-state index in [1.54, 1.807) is 13.3 Å². The van der Waals surface area contributed by atoms with Crippen LogP contribution in [-0.4, -0.2) is 54.3 Å². The van der Waals surface area contributed by atoms with Crippen LogP contribution >= 0.6 is 0 Å². The number of hydrogen-bond acceptors (Lipinski definition) is 6. The molecule has 0 atom stereocenters. The van der Waals surface area contributed by atoms with E-state index in [2.05, 4.69) is 9.88 Å². The maximum absolute atomic E-state index is 13.8. The van der Waals surface area contributed by atoms with Crippen LogP contribution < -0.4 is 15.0 Å². The van der Waals surface area contributed by atoms with Crippen LogP contribution in [0.2, 0.25) is 0 Å². The molecule has 2 N–H and O–H groups in total. The summed E-state index contributed by atoms with van der Waals surface area (Å²) < 4.78 is 51.3. The van der Waals surface area contributed by atoms with E-state index in [1.807, 2.05) is 23.7 Å². The fourth-order valence-corrected chi connectivity index (χ4v) is 5.23. The maximum atomic E-state index is 13.8. The number of alkyl halides is 1. The third kappa shape index (κ3) is 6.36. The molecular formula is C28H32F3N3O4. The molecule has 2 heterocycles. The number of piperidine rings is 1. The van der Waals surface area contributed by atoms with Gasteiger partial charge in [0.25, 0.3) is 0 Å². The van der Waals surface area contributed by atoms with Crippen molar-refractivity contribution in [1.82, 2.24) is 15.4 Å². The number of carbonyl (C=O) groups is 1. The third-order valence-electron chi connectivity index (χ3n) is 7.41. The van der Waals surface area contributed by atoms with Gasteiger partial charge in [0.15, 0.2) is 0 Å². The van der Waals surface area contributed by atoms with E-state index in [4.69, 9.17) is 9.47 Å². The number of benzene rings is 2. The van der Waals surface area contributed by atoms with Gasteiger partial charge >= 0.3 is 0 Å². The van der Waals surface area contributed by atoms with Crippen LogP contribution in [0.3, 0.4) is 0 Å². The topological polar surface area (TPSA) is 83.9 Å². The van der Waals surface area contributed by atoms with Crippen molar-refractivity contribution in [2.75, 3.05) is 33.4 Å². The number of nitrogens with zero attached hydrogens (tertiary/aromatic N) is 2. The first-order valence-corrected chi connectivity index (χ1v) is 12.6. The lowest BCUT2D eigenvalue weighted by molar-refractivity contribution is -0.143. The van der Waals surface area contributed by atoms with Crippen molar-refractivity contribution in [2.24, 2.45) is 5.41 Å². The number of fused-ring (bicyclic) bond motifs is 1. The van der Waals surface area contributed by atoms with E-state index in [-0.39, 0.29) is 12.4 Å². The number of ether oxygens (including phenoxy) is 2. The molecule has 0 saturated carbocycles. The Hall–Kier alpha value is -3.37. The number of likely N-dealkylation sites (tertiary alicyclic amines) is 1. The summed E-state index contributed by atoms with van der Waals surface area (Å²) in [6.07, 6.45) is 4.29. The SMILES string of the molecule is COc1ccc2ncc(CF)c(CCCC3(C(=O)NO)CCN(CCOc4cc(F)cc(F)c4)CC3)c2c1. The van der Waals surface area contributed by atoms with Gasteiger partial charge in [0.2, 0.25) is 5.91 Å². The van der Waals surface area contributed by atoms with E-state index in [0.29, 0.717) is 63.1 Å². The van der Waals surface area contributed by atoms with Gasteiger partial charge in [0, 0.05) is 41.9 Å². The van der Waals surface area contributed by atoms with Crippen molar-refractivity contribution < 1.29 is 32.6 Å². The molecule has 1 saturated heterocycles. The van der Waals surface area contributed by atoms with Crippen LogP contribution in [-0.2, 0) is 17.9 Å². The molecule has 7 nitrogen and oxygen atoms in total. The lowest BCUT2D eigenvalue weighted by Gasteiger charge is -2.40. The lowest BCUT2D eigenvalue weighted by Crippen LogP contribution is -2.49. The van der Waals surface area contributed by atoms with E-state index < -0.39 is 29.6 Å². The number of pyridine rings is 1. The zero-order valence-electron chi connectivity index (χ0n) is 21.3. The molecule has 10 heteroatoms. The monoisotopic (exact) mass is 531 g/mol. The molecule has 1 aliphatic rings. The zero-order chi connectivity index (χ0) is 27.1. The van der Waals surface area contributed by atoms with Gasteiger partial charge < -0.3 is 9.47 Å². The van der Waals surface area contributed by atoms with Crippen LogP contribution in [0.15, 0.2) is 42.6 Å². The highest BCUT2D eigenvalue weighted by molar-refractivity contribution is 5.84. The van der Waals surface area contributed by atoms with Crippen molar-refractivity contribution in [2.45, 2.75) is 38.8 Å². The maximum Gasteiger partial charge on any atom is 0.249 e. The Balaban J connectivity index is 1.37. The number of aryl methyl sites for hydroxylation is 1. The number of hydroxylamine groups is 1. The zero-order valence-corrected chi connectivity index (χ0v) is 21.3. The summed E-state index contributed by atoms with van der Waals surface area (Å²) >= 11 is 0. The van der Waals surface area contributed by atoms with Gasteiger partial charge in [-0.1, -0.05) is 0 Å². The van der Waals surface area contributed by atoms with Crippen LogP contribution in [0.1, 0.15) is 36.8 Å². The number of aromatic nitrogens is 1. The Morgan fingerprint density at radius 3 is 2.53 bits per heavy atom. The minimum atomic E-state index is -0.756. The molecule has 204 valence electrons. The first kappa shape index (κ1) is 27.7. The fourth-order valence-electron chi connectivity index (χ4n) is 5.23. The van der Waals surface area contributed by atoms with Gasteiger partial charge in [-0.2, -0.15) is 0 Å². The first-order valence-electron chi connectivity index (χ1n) is 12.6. The lowest BCUT2D eigenvalue weighted by atomic mass is 9.73. The Labute approximate surface area is 219 Å². The highest BCUT2D eigenvalue weighted by atomic mass is 19.1. The second-order valence-electron chi connectivity index (χ2n) is 9.65. The minimum Gasteiger partial charge on any atom is -0.497 e. The van der Waals surface area contributed by atoms with Gasteiger partial charge in [-0.25, -0.2) is 18.7 Å². The molecule has 2 aromatic carbocycles. The molecule has 1 amide bonds. The largest absolute Gasteiger partial charge is 0.497 e. The summed E-state index contributed by atoms with van der Waals surface area (Å²) in [6, 6.07) is 8.55. The van der Waals surface area contributed by atoms with Gasteiger partial charge in [-0.05, 0) is 69.0 Å². The Morgan fingerprint density at radius 1 is 1.13 bits per heavy atom. The molecule has 3 aromatic rings. The van der Waals surface area contributed by atoms with Gasteiger partial charge in [0.05, 0.1) is 18.0 Å². The van der Waals surface area contributed by atoms with Crippen molar-refractivity contribution in [3.63, 3.8) is 0 Å². The second kappa shape index (κ2) is 12.4. The number of rotatable bonds is 11. The van der Waals surface area contributed by atoms with E-state index in [0.717, 1.165) is 34.7 Å². The highest BCUT2D eigenvalue weighted by Gasteiger charge is 2.40. The third-order valence-corrected chi connectivity index (χ3v) is 7.41. The molecule has 1 aromatic heterocycles. The summed E-state index contributed by atoms with van der Waals surface area (Å²) in [5, 5.41) is 10.3. The molecular weight excluding hydrogens is 499 g/mol. The summed E-state index contributed by atoms with van der Waals surface area (Å²) in [7, 11) is 1.57. The number of halogens is 3. The molecule has 0 unspecified atom stereocenters. The first-order chi connectivity index (χ1) is 18.4. The molecule has 4 rings (SSSR count). The summed E-state index contributed by atoms with van der Waals surface area (Å²) in [5.74, 6) is -1.03. The molecule has 0 aliphatic carbocycles. The van der Waals surface area contributed by atoms with Crippen LogP contribution in [0.4, 0.5) is 13.2 Å². The van der Waals surface area contributed by atoms with Crippen molar-refractivity contribution in [3.8, 4) is 11.5 Å². The number of hydrogen-bond donors (Lipinski definition) is 2. The average Bonchev–Trinajstić information content (AvgIpc) is 2.92. The van der Waals surface area contributed by atoms with Crippen LogP contribution in [0, 0.1) is 17.0 Å². The normalized spacial score (nSPS) is 15.4. The molecule has 0 bridgehead atoms. The predicted octanol–water partition coefficient (Wildman–Crippen LogP) is 4.98. The standard InChI is InChI=1S/C28H32F3N3O4/c1-37-22-4-5-26-25(16-22)24(19(17-29)18-32-26)3-2-6-28(27(35)33-36)7-9-34(10-8-28)11-12-38-23-14-20(30)13-21(31)15-23/h4-5,13-16,18,36H,2-3,6-12,17H2,1H3,(H,33,35). The van der Waals surface area contributed by atoms with Crippen molar-refractivity contribution >= 4 is 16.8 Å². The van der Waals surface area contributed by atoms with Gasteiger partial charge in [0.1, 0.15) is 36.4 Å². The second-order valence-corrected chi connectivity index (χ2v) is 9.65. The van der Waals surface area contributed by atoms with Gasteiger partial charge in [-0.3, -0.25) is 19.9 Å². The van der Waals surface area contributed by atoms with Crippen LogP contribution in [0.25, 0.3) is 10.9 Å². The molecule has 1 aliphatic heterocycles. The van der Waals surface area contributed by atoms with Crippen molar-refractivity contribution in [1.29, 1.82) is 0 Å². The fraction of sp³-hybridized carbons (Fsp3) is 0.429. The minimum absolute atomic E-state index is 0.127. The van der Waals surface area contributed by atoms with E-state index in [1.165, 1.54) is 0 Å². The summed E-state index contributed by atoms with van der Waals surface area (Å²) in [6.45, 7) is 1.32. The summed E-state index contributed by atoms with van der Waals surface area (Å²) in [4.78, 5) is 19.2. The number of amides is 1. The molecule has 1 fully saturated rings. The quantitative estimate of drug-likeness (QED) is 0.268. The molecule has 38 heavy (non-hydrogen) atoms. The average molecular weight is 532 g/mol. The summed E-state index contributed by atoms with van der Waals surface area (Å²) in [5.41, 5.74) is 3.19. The molecule has 0 spiro atoms. The van der Waals surface area contributed by atoms with Crippen molar-refractivity contribution in [3.05, 3.63) is 65.4 Å². The Kier molecular flexibility index (Phi) is 9.06. The Bertz CT molecular complexity index is 1240. The van der Waals surface area contributed by atoms with E-state index in [9.17, 15) is 23.2 Å².